The molecule has 4 N–H and O–H groups in total. The minimum atomic E-state index is -0.691. The van der Waals surface area contributed by atoms with E-state index >= 15 is 0 Å². The fourth-order valence-corrected chi connectivity index (χ4v) is 1.21. The van der Waals surface area contributed by atoms with Crippen LogP contribution in [0.4, 0.5) is 4.79 Å². The molecule has 8 nitrogen and oxygen atoms in total. The van der Waals surface area contributed by atoms with Gasteiger partial charge >= 0.3 is 6.03 Å². The summed E-state index contributed by atoms with van der Waals surface area (Å²) in [6.45, 7) is 3.76. The molecule has 1 rings (SSSR count). The molecule has 0 aliphatic heterocycles. The molecule has 0 aliphatic carbocycles. The Morgan fingerprint density at radius 2 is 2.28 bits per heavy atom. The average molecular weight is 270 g/mol. The lowest BCUT2D eigenvalue weighted by molar-refractivity contribution is -0.123. The van der Waals surface area contributed by atoms with Crippen LogP contribution < -0.4 is 16.4 Å². The maximum atomic E-state index is 11.7. The molecule has 0 aromatic carbocycles. The van der Waals surface area contributed by atoms with Gasteiger partial charge in [0.1, 0.15) is 17.4 Å². The molecule has 0 radical (unpaired) electrons. The second-order valence-corrected chi connectivity index (χ2v) is 3.88. The molecule has 3 amide bonds. The van der Waals surface area contributed by atoms with Crippen molar-refractivity contribution in [2.24, 2.45) is 5.73 Å². The monoisotopic (exact) mass is 270 g/mol. The van der Waals surface area contributed by atoms with Gasteiger partial charge in [-0.2, -0.15) is 0 Å². The van der Waals surface area contributed by atoms with Crippen LogP contribution in [0.15, 0.2) is 6.33 Å². The number of rotatable bonds is 4. The second kappa shape index (κ2) is 6.05. The topological polar surface area (TPSA) is 115 Å². The lowest BCUT2D eigenvalue weighted by Crippen LogP contribution is -2.42. The van der Waals surface area contributed by atoms with Gasteiger partial charge in [0.25, 0.3) is 5.91 Å². The van der Waals surface area contributed by atoms with Gasteiger partial charge < -0.3 is 11.1 Å². The lowest BCUT2D eigenvalue weighted by Gasteiger charge is -2.11. The van der Waals surface area contributed by atoms with Crippen molar-refractivity contribution >= 4 is 29.1 Å². The van der Waals surface area contributed by atoms with E-state index in [0.717, 1.165) is 0 Å². The Balaban J connectivity index is 2.68. The number of hydrogen-bond acceptors (Lipinski definition) is 5. The normalized spacial score (nSPS) is 11.7. The van der Waals surface area contributed by atoms with Crippen LogP contribution in [0.25, 0.3) is 0 Å². The van der Waals surface area contributed by atoms with Crippen molar-refractivity contribution in [3.8, 4) is 0 Å². The highest BCUT2D eigenvalue weighted by atomic mass is 32.1. The van der Waals surface area contributed by atoms with Crippen LogP contribution in [0.3, 0.4) is 0 Å². The van der Waals surface area contributed by atoms with E-state index < -0.39 is 18.0 Å². The zero-order valence-corrected chi connectivity index (χ0v) is 10.8. The van der Waals surface area contributed by atoms with Crippen LogP contribution in [0.1, 0.15) is 25.7 Å². The standard InChI is InChI=1S/C9H14N6O2S/c1-3-11-9(17)13-8(16)5(2)15-4-12-7(14-15)6(10)18/h4-5H,3H2,1-2H3,(H2,10,18)(H2,11,13,16,17). The number of carbonyl (C=O) groups excluding carboxylic acids is 2. The Kier molecular flexibility index (Phi) is 4.72. The van der Waals surface area contributed by atoms with Gasteiger partial charge in [0.2, 0.25) is 5.82 Å². The lowest BCUT2D eigenvalue weighted by atomic mass is 10.3. The highest BCUT2D eigenvalue weighted by molar-refractivity contribution is 7.80. The minimum Gasteiger partial charge on any atom is -0.387 e. The zero-order valence-electron chi connectivity index (χ0n) is 10.0. The Morgan fingerprint density at radius 3 is 2.78 bits per heavy atom. The third kappa shape index (κ3) is 3.48. The van der Waals surface area contributed by atoms with Crippen LogP contribution >= 0.6 is 12.2 Å². The second-order valence-electron chi connectivity index (χ2n) is 3.44. The van der Waals surface area contributed by atoms with Gasteiger partial charge in [0.15, 0.2) is 0 Å². The molecule has 0 spiro atoms. The van der Waals surface area contributed by atoms with Crippen LogP contribution in [0.5, 0.6) is 0 Å². The maximum Gasteiger partial charge on any atom is 0.321 e. The average Bonchev–Trinajstić information content (AvgIpc) is 2.77. The van der Waals surface area contributed by atoms with Gasteiger partial charge in [-0.25, -0.2) is 14.5 Å². The molecule has 0 fully saturated rings. The van der Waals surface area contributed by atoms with Crippen LogP contribution in [0.2, 0.25) is 0 Å². The quantitative estimate of drug-likeness (QED) is 0.624. The number of nitrogens with zero attached hydrogens (tertiary/aromatic N) is 3. The van der Waals surface area contributed by atoms with Crippen molar-refractivity contribution in [3.05, 3.63) is 12.2 Å². The van der Waals surface area contributed by atoms with Crippen LogP contribution in [-0.2, 0) is 4.79 Å². The Morgan fingerprint density at radius 1 is 1.61 bits per heavy atom. The third-order valence-corrected chi connectivity index (χ3v) is 2.26. The zero-order chi connectivity index (χ0) is 13.7. The number of carbonyl (C=O) groups is 2. The first kappa shape index (κ1) is 14.0. The highest BCUT2D eigenvalue weighted by Crippen LogP contribution is 2.03. The predicted octanol–water partition coefficient (Wildman–Crippen LogP) is -0.681. The predicted molar refractivity (Wildman–Crippen MR) is 67.8 cm³/mol. The van der Waals surface area contributed by atoms with Gasteiger partial charge in [-0.1, -0.05) is 12.2 Å². The summed E-state index contributed by atoms with van der Waals surface area (Å²) in [6, 6.07) is -1.24. The molecule has 1 aromatic heterocycles. The molecule has 1 heterocycles. The smallest absolute Gasteiger partial charge is 0.321 e. The molecule has 0 aliphatic rings. The number of nitrogens with two attached hydrogens (primary N) is 1. The minimum absolute atomic E-state index is 0.0464. The summed E-state index contributed by atoms with van der Waals surface area (Å²) in [4.78, 5) is 26.7. The maximum absolute atomic E-state index is 11.7. The van der Waals surface area contributed by atoms with Crippen molar-refractivity contribution in [1.29, 1.82) is 0 Å². The van der Waals surface area contributed by atoms with Crippen molar-refractivity contribution in [2.75, 3.05) is 6.54 Å². The number of hydrogen-bond donors (Lipinski definition) is 3. The first-order valence-electron chi connectivity index (χ1n) is 5.25. The van der Waals surface area contributed by atoms with Crippen molar-refractivity contribution in [1.82, 2.24) is 25.4 Å². The molecule has 18 heavy (non-hydrogen) atoms. The Bertz CT molecular complexity index is 471. The number of imide groups is 1. The molecule has 0 saturated heterocycles. The Labute approximate surface area is 109 Å². The van der Waals surface area contributed by atoms with E-state index in [4.69, 9.17) is 18.0 Å². The van der Waals surface area contributed by atoms with Gasteiger partial charge in [0, 0.05) is 6.54 Å². The summed E-state index contributed by atoms with van der Waals surface area (Å²) in [7, 11) is 0. The molecule has 0 saturated carbocycles. The fourth-order valence-electron chi connectivity index (χ4n) is 1.12. The molecule has 9 heteroatoms. The number of amides is 3. The number of aromatic nitrogens is 3. The summed E-state index contributed by atoms with van der Waals surface area (Å²) in [5, 5.41) is 8.56. The van der Waals surface area contributed by atoms with Gasteiger partial charge in [-0.15, -0.1) is 5.10 Å². The first-order valence-corrected chi connectivity index (χ1v) is 5.66. The molecule has 1 unspecified atom stereocenters. The summed E-state index contributed by atoms with van der Waals surface area (Å²) in [5.74, 6) is -0.317. The molecule has 1 atom stereocenters. The summed E-state index contributed by atoms with van der Waals surface area (Å²) < 4.78 is 1.28. The SMILES string of the molecule is CCNC(=O)NC(=O)C(C)n1cnc(C(N)=S)n1. The van der Waals surface area contributed by atoms with Crippen LogP contribution in [0, 0.1) is 0 Å². The fraction of sp³-hybridized carbons (Fsp3) is 0.444. The van der Waals surface area contributed by atoms with Crippen molar-refractivity contribution in [3.63, 3.8) is 0 Å². The molecule has 0 bridgehead atoms. The summed E-state index contributed by atoms with van der Waals surface area (Å²) in [5.41, 5.74) is 5.35. The van der Waals surface area contributed by atoms with E-state index in [1.54, 1.807) is 13.8 Å². The van der Waals surface area contributed by atoms with Gasteiger partial charge in [0.05, 0.1) is 0 Å². The number of urea groups is 1. The third-order valence-electron chi connectivity index (χ3n) is 2.08. The van der Waals surface area contributed by atoms with Crippen molar-refractivity contribution < 1.29 is 9.59 Å². The van der Waals surface area contributed by atoms with E-state index in [1.807, 2.05) is 0 Å². The molecule has 98 valence electrons. The Hall–Kier alpha value is -2.03. The van der Waals surface area contributed by atoms with Crippen LogP contribution in [-0.4, -0.2) is 38.2 Å². The number of nitrogens with one attached hydrogen (secondary N) is 2. The van der Waals surface area contributed by atoms with E-state index in [9.17, 15) is 9.59 Å². The number of thiocarbonyl (C=S) groups is 1. The van der Waals surface area contributed by atoms with E-state index in [-0.39, 0.29) is 10.8 Å². The van der Waals surface area contributed by atoms with E-state index in [1.165, 1.54) is 11.0 Å². The molecular weight excluding hydrogens is 256 g/mol. The molecular formula is C9H14N6O2S. The van der Waals surface area contributed by atoms with E-state index in [2.05, 4.69) is 20.7 Å². The van der Waals surface area contributed by atoms with Crippen molar-refractivity contribution in [2.45, 2.75) is 19.9 Å². The summed E-state index contributed by atoms with van der Waals surface area (Å²) >= 11 is 4.71. The first-order chi connectivity index (χ1) is 8.45. The highest BCUT2D eigenvalue weighted by Gasteiger charge is 2.19. The largest absolute Gasteiger partial charge is 0.387 e. The summed E-state index contributed by atoms with van der Waals surface area (Å²) in [6.07, 6.45) is 1.33. The van der Waals surface area contributed by atoms with Gasteiger partial charge in [-0.3, -0.25) is 10.1 Å². The van der Waals surface area contributed by atoms with Gasteiger partial charge in [-0.05, 0) is 13.8 Å². The molecule has 1 aromatic rings. The van der Waals surface area contributed by atoms with E-state index in [0.29, 0.717) is 6.54 Å².